The van der Waals surface area contributed by atoms with E-state index in [-0.39, 0.29) is 11.5 Å². The van der Waals surface area contributed by atoms with Gasteiger partial charge in [-0.05, 0) is 49.7 Å². The molecule has 0 bridgehead atoms. The van der Waals surface area contributed by atoms with E-state index in [0.29, 0.717) is 25.2 Å². The van der Waals surface area contributed by atoms with E-state index in [1.807, 2.05) is 81.6 Å². The van der Waals surface area contributed by atoms with Crippen LogP contribution in [0.4, 0.5) is 5.69 Å². The monoisotopic (exact) mass is 444 g/mol. The zero-order valence-corrected chi connectivity index (χ0v) is 19.0. The summed E-state index contributed by atoms with van der Waals surface area (Å²) in [6.45, 7) is 5.31. The summed E-state index contributed by atoms with van der Waals surface area (Å²) in [5.74, 6) is 0.877. The van der Waals surface area contributed by atoms with Crippen LogP contribution in [0, 0.1) is 6.92 Å². The molecule has 0 spiro atoms. The maximum absolute atomic E-state index is 13.2. The van der Waals surface area contributed by atoms with Crippen molar-refractivity contribution in [2.75, 3.05) is 38.2 Å². The lowest BCUT2D eigenvalue weighted by Gasteiger charge is -2.34. The summed E-state index contributed by atoms with van der Waals surface area (Å²) in [5, 5.41) is 0. The Balaban J connectivity index is 1.30. The van der Waals surface area contributed by atoms with E-state index in [9.17, 15) is 9.59 Å². The summed E-state index contributed by atoms with van der Waals surface area (Å²) < 4.78 is 9.15. The molecule has 1 amide bonds. The number of hydrogen-bond acceptors (Lipinski definition) is 4. The van der Waals surface area contributed by atoms with E-state index >= 15 is 0 Å². The van der Waals surface area contributed by atoms with E-state index < -0.39 is 0 Å². The lowest BCUT2D eigenvalue weighted by atomic mass is 10.2. The molecule has 1 saturated heterocycles. The largest absolute Gasteiger partial charge is 0.497 e. The highest BCUT2D eigenvalue weighted by Gasteiger charge is 2.24. The molecule has 2 aromatic carbocycles. The number of anilines is 1. The third-order valence-electron chi connectivity index (χ3n) is 6.45. The fourth-order valence-corrected chi connectivity index (χ4v) is 4.65. The molecule has 0 N–H and O–H groups in total. The molecular formula is C26H28N4O3. The number of amides is 1. The number of methoxy groups -OCH3 is 1. The maximum atomic E-state index is 13.2. The summed E-state index contributed by atoms with van der Waals surface area (Å²) in [6.07, 6.45) is 2.69. The molecule has 3 heterocycles. The molecule has 1 fully saturated rings. The average Bonchev–Trinajstić information content (AvgIpc) is 3.32. The molecule has 0 unspecified atom stereocenters. The summed E-state index contributed by atoms with van der Waals surface area (Å²) in [5.41, 5.74) is 4.61. The Morgan fingerprint density at radius 3 is 2.48 bits per heavy atom. The second-order valence-corrected chi connectivity index (χ2v) is 8.59. The van der Waals surface area contributed by atoms with Crippen LogP contribution in [0.5, 0.6) is 5.75 Å². The number of fused-ring (bicyclic) bond motifs is 3. The quantitative estimate of drug-likeness (QED) is 0.458. The van der Waals surface area contributed by atoms with Gasteiger partial charge in [-0.2, -0.15) is 0 Å². The van der Waals surface area contributed by atoms with Gasteiger partial charge in [0.15, 0.2) is 0 Å². The molecule has 33 heavy (non-hydrogen) atoms. The first-order valence-electron chi connectivity index (χ1n) is 11.3. The first-order chi connectivity index (χ1) is 16.0. The highest BCUT2D eigenvalue weighted by Crippen LogP contribution is 2.22. The van der Waals surface area contributed by atoms with Gasteiger partial charge in [0.1, 0.15) is 11.3 Å². The Morgan fingerprint density at radius 1 is 0.909 bits per heavy atom. The molecule has 1 aliphatic heterocycles. The van der Waals surface area contributed by atoms with Crippen molar-refractivity contribution in [3.63, 3.8) is 0 Å². The minimum atomic E-state index is -0.00191. The summed E-state index contributed by atoms with van der Waals surface area (Å²) >= 11 is 0. The molecule has 170 valence electrons. The number of carbonyl (C=O) groups excluding carboxylic acids is 1. The van der Waals surface area contributed by atoms with Crippen molar-refractivity contribution >= 4 is 28.1 Å². The molecule has 0 aliphatic carbocycles. The van der Waals surface area contributed by atoms with Gasteiger partial charge in [0.2, 0.25) is 5.91 Å². The topological polar surface area (TPSA) is 59.2 Å². The van der Waals surface area contributed by atoms with E-state index in [0.717, 1.165) is 42.0 Å². The van der Waals surface area contributed by atoms with Crippen LogP contribution in [0.25, 0.3) is 16.6 Å². The SMILES string of the molecule is COc1ccc2c(c1)n1cccc1c(=O)n2CCCN1CCN(c2ccc(C)cc2)C(=O)C1. The van der Waals surface area contributed by atoms with Crippen LogP contribution >= 0.6 is 0 Å². The van der Waals surface area contributed by atoms with Crippen LogP contribution in [-0.2, 0) is 11.3 Å². The third-order valence-corrected chi connectivity index (χ3v) is 6.45. The maximum Gasteiger partial charge on any atom is 0.275 e. The molecule has 2 aromatic heterocycles. The molecular weight excluding hydrogens is 416 g/mol. The average molecular weight is 445 g/mol. The van der Waals surface area contributed by atoms with Crippen LogP contribution in [0.3, 0.4) is 0 Å². The van der Waals surface area contributed by atoms with Gasteiger partial charge in [0.05, 0.1) is 24.7 Å². The van der Waals surface area contributed by atoms with Crippen LogP contribution in [0.15, 0.2) is 65.6 Å². The van der Waals surface area contributed by atoms with Crippen molar-refractivity contribution in [3.05, 3.63) is 76.7 Å². The van der Waals surface area contributed by atoms with Gasteiger partial charge in [0.25, 0.3) is 5.56 Å². The van der Waals surface area contributed by atoms with Gasteiger partial charge in [-0.15, -0.1) is 0 Å². The Kier molecular flexibility index (Phi) is 5.64. The van der Waals surface area contributed by atoms with E-state index in [1.165, 1.54) is 5.56 Å². The predicted molar refractivity (Wildman–Crippen MR) is 130 cm³/mol. The number of ether oxygens (including phenoxy) is 1. The smallest absolute Gasteiger partial charge is 0.275 e. The second-order valence-electron chi connectivity index (χ2n) is 8.59. The van der Waals surface area contributed by atoms with Crippen molar-refractivity contribution in [3.8, 4) is 5.75 Å². The number of piperazine rings is 1. The summed E-state index contributed by atoms with van der Waals surface area (Å²) in [7, 11) is 1.64. The molecule has 7 heteroatoms. The fraction of sp³-hybridized carbons (Fsp3) is 0.308. The van der Waals surface area contributed by atoms with Crippen LogP contribution in [0.1, 0.15) is 12.0 Å². The van der Waals surface area contributed by atoms with Crippen molar-refractivity contribution < 1.29 is 9.53 Å². The molecule has 0 atom stereocenters. The molecule has 0 saturated carbocycles. The summed E-state index contributed by atoms with van der Waals surface area (Å²) in [4.78, 5) is 29.9. The molecule has 1 aliphatic rings. The van der Waals surface area contributed by atoms with E-state index in [2.05, 4.69) is 4.90 Å². The number of benzene rings is 2. The Morgan fingerprint density at radius 2 is 1.73 bits per heavy atom. The van der Waals surface area contributed by atoms with E-state index in [4.69, 9.17) is 4.74 Å². The summed E-state index contributed by atoms with van der Waals surface area (Å²) in [6, 6.07) is 17.6. The predicted octanol–water partition coefficient (Wildman–Crippen LogP) is 3.31. The van der Waals surface area contributed by atoms with Crippen LogP contribution < -0.4 is 15.2 Å². The molecule has 4 aromatic rings. The van der Waals surface area contributed by atoms with Gasteiger partial charge in [-0.25, -0.2) is 0 Å². The zero-order valence-electron chi connectivity index (χ0n) is 19.0. The molecule has 5 rings (SSSR count). The van der Waals surface area contributed by atoms with Gasteiger partial charge >= 0.3 is 0 Å². The number of carbonyl (C=O) groups is 1. The van der Waals surface area contributed by atoms with Gasteiger partial charge in [0, 0.05) is 44.1 Å². The van der Waals surface area contributed by atoms with Gasteiger partial charge < -0.3 is 18.6 Å². The van der Waals surface area contributed by atoms with Crippen molar-refractivity contribution in [2.45, 2.75) is 19.9 Å². The third kappa shape index (κ3) is 4.00. The number of aromatic nitrogens is 2. The first-order valence-corrected chi connectivity index (χ1v) is 11.3. The second kappa shape index (κ2) is 8.75. The number of rotatable bonds is 6. The van der Waals surface area contributed by atoms with Gasteiger partial charge in [-0.1, -0.05) is 17.7 Å². The Labute approximate surface area is 192 Å². The number of aryl methyl sites for hydroxylation is 2. The normalized spacial score (nSPS) is 15.0. The highest BCUT2D eigenvalue weighted by molar-refractivity contribution is 5.95. The van der Waals surface area contributed by atoms with Crippen molar-refractivity contribution in [2.24, 2.45) is 0 Å². The Hall–Kier alpha value is -3.58. The van der Waals surface area contributed by atoms with Crippen LogP contribution in [0.2, 0.25) is 0 Å². The van der Waals surface area contributed by atoms with Gasteiger partial charge in [-0.3, -0.25) is 14.5 Å². The fourth-order valence-electron chi connectivity index (χ4n) is 4.65. The molecule has 0 radical (unpaired) electrons. The van der Waals surface area contributed by atoms with Crippen molar-refractivity contribution in [1.29, 1.82) is 0 Å². The lowest BCUT2D eigenvalue weighted by Crippen LogP contribution is -2.50. The number of hydrogen-bond donors (Lipinski definition) is 0. The number of nitrogens with zero attached hydrogens (tertiary/aromatic N) is 4. The van der Waals surface area contributed by atoms with Crippen LogP contribution in [-0.4, -0.2) is 53.1 Å². The highest BCUT2D eigenvalue weighted by atomic mass is 16.5. The molecule has 7 nitrogen and oxygen atoms in total. The first kappa shape index (κ1) is 21.3. The minimum Gasteiger partial charge on any atom is -0.497 e. The standard InChI is InChI=1S/C26H28N4O3/c1-19-6-8-20(9-7-19)28-16-15-27(18-25(28)31)12-4-14-30-22-11-10-21(33-2)17-24(22)29-13-3-5-23(29)26(30)32/h3,5-11,13,17H,4,12,14-16,18H2,1-2H3. The lowest BCUT2D eigenvalue weighted by molar-refractivity contribution is -0.121. The minimum absolute atomic E-state index is 0.00191. The Bertz CT molecular complexity index is 1370. The van der Waals surface area contributed by atoms with E-state index in [1.54, 1.807) is 7.11 Å². The zero-order chi connectivity index (χ0) is 22.9. The van der Waals surface area contributed by atoms with Crippen molar-refractivity contribution in [1.82, 2.24) is 13.9 Å².